The van der Waals surface area contributed by atoms with Crippen molar-refractivity contribution < 1.29 is 40.2 Å². The molecule has 7 unspecified atom stereocenters. The van der Waals surface area contributed by atoms with E-state index in [1.54, 1.807) is 0 Å². The van der Waals surface area contributed by atoms with Crippen molar-refractivity contribution >= 4 is 17.0 Å². The van der Waals surface area contributed by atoms with Gasteiger partial charge in [-0.15, -0.1) is 0 Å². The van der Waals surface area contributed by atoms with E-state index in [1.807, 2.05) is 0 Å². The van der Waals surface area contributed by atoms with Gasteiger partial charge in [-0.3, -0.25) is 4.79 Å². The largest absolute Gasteiger partial charge is 0.444 e. The van der Waals surface area contributed by atoms with Gasteiger partial charge >= 0.3 is 17.4 Å². The third-order valence-corrected chi connectivity index (χ3v) is 7.69. The molecular weight excluding hydrogens is 371 g/mol. The Morgan fingerprint density at radius 3 is 2.32 bits per heavy atom. The first-order valence-corrected chi connectivity index (χ1v) is 9.30. The molecule has 4 aliphatic rings. The van der Waals surface area contributed by atoms with E-state index in [-0.39, 0.29) is 11.8 Å². The first-order chi connectivity index (χ1) is 11.4. The lowest BCUT2D eigenvalue weighted by Crippen LogP contribution is -2.60. The van der Waals surface area contributed by atoms with E-state index in [0.29, 0.717) is 18.8 Å². The molecule has 0 aromatic heterocycles. The maximum Gasteiger partial charge on any atom is 0.432 e. The summed E-state index contributed by atoms with van der Waals surface area (Å²) in [5.74, 6) is -0.364. The highest BCUT2D eigenvalue weighted by atomic mass is 32.2. The van der Waals surface area contributed by atoms with E-state index in [1.165, 1.54) is 0 Å². The van der Waals surface area contributed by atoms with Crippen LogP contribution in [0.4, 0.5) is 22.0 Å². The van der Waals surface area contributed by atoms with E-state index >= 15 is 0 Å². The van der Waals surface area contributed by atoms with Crippen LogP contribution in [0.2, 0.25) is 0 Å². The number of esters is 1. The number of carbonyl (C=O) groups is 1. The predicted octanol–water partition coefficient (Wildman–Crippen LogP) is 3.49. The zero-order valence-electron chi connectivity index (χ0n) is 13.0. The summed E-state index contributed by atoms with van der Waals surface area (Å²) in [7, 11) is 0. The SMILES string of the molecule is O=C(OC(C(F)(F)F)C(F)(F)S(=O)O)C12CC3CC4CC(C1)C2(C4)C3. The molecule has 1 N–H and O–H groups in total. The smallest absolute Gasteiger partial charge is 0.432 e. The number of carbonyl (C=O) groups excluding carboxylic acids is 1. The van der Waals surface area contributed by atoms with E-state index in [4.69, 9.17) is 4.55 Å². The Balaban J connectivity index is 1.62. The van der Waals surface area contributed by atoms with Gasteiger partial charge in [0, 0.05) is 0 Å². The van der Waals surface area contributed by atoms with Gasteiger partial charge in [0.25, 0.3) is 6.10 Å². The molecule has 10 heteroatoms. The molecule has 142 valence electrons. The summed E-state index contributed by atoms with van der Waals surface area (Å²) in [6, 6.07) is 0. The fourth-order valence-corrected chi connectivity index (χ4v) is 6.75. The first kappa shape index (κ1) is 17.6. The van der Waals surface area contributed by atoms with Gasteiger partial charge in [0.2, 0.25) is 11.1 Å². The molecular formula is C15H17F5O4S. The predicted molar refractivity (Wildman–Crippen MR) is 74.7 cm³/mol. The van der Waals surface area contributed by atoms with Crippen LogP contribution in [0.3, 0.4) is 0 Å². The minimum Gasteiger partial charge on any atom is -0.444 e. The summed E-state index contributed by atoms with van der Waals surface area (Å²) in [4.78, 5) is 12.6. The fraction of sp³-hybridized carbons (Fsp3) is 0.933. The normalized spacial score (nSPS) is 44.2. The van der Waals surface area contributed by atoms with Crippen LogP contribution in [0, 0.1) is 28.6 Å². The molecule has 3 bridgehead atoms. The number of alkyl halides is 5. The molecule has 0 aliphatic heterocycles. The topological polar surface area (TPSA) is 63.6 Å². The lowest BCUT2D eigenvalue weighted by atomic mass is 9.46. The zero-order chi connectivity index (χ0) is 18.4. The van der Waals surface area contributed by atoms with E-state index in [0.717, 1.165) is 25.7 Å². The third kappa shape index (κ3) is 2.12. The standard InChI is InChI=1S/C15H17F5O4S/c16-14(17,18)10(15(19,20)25(22)23)24-11(21)13-5-8-1-7-2-9(6-13)12(13,3-7)4-8/h7-10H,1-6H2,(H,22,23). The minimum absolute atomic E-state index is 0.218. The van der Waals surface area contributed by atoms with Crippen molar-refractivity contribution in [2.45, 2.75) is 56.1 Å². The van der Waals surface area contributed by atoms with Crippen LogP contribution >= 0.6 is 0 Å². The van der Waals surface area contributed by atoms with Crippen LogP contribution in [0.15, 0.2) is 0 Å². The monoisotopic (exact) mass is 388 g/mol. The molecule has 4 aliphatic carbocycles. The zero-order valence-corrected chi connectivity index (χ0v) is 13.8. The number of halogens is 5. The molecule has 4 fully saturated rings. The van der Waals surface area contributed by atoms with Crippen molar-refractivity contribution in [1.82, 2.24) is 0 Å². The van der Waals surface area contributed by atoms with Crippen LogP contribution in [0.5, 0.6) is 0 Å². The van der Waals surface area contributed by atoms with Gasteiger partial charge in [0.15, 0.2) is 0 Å². The number of hydrogen-bond acceptors (Lipinski definition) is 3. The maximum absolute atomic E-state index is 13.6. The molecule has 25 heavy (non-hydrogen) atoms. The van der Waals surface area contributed by atoms with Crippen molar-refractivity contribution in [1.29, 1.82) is 0 Å². The number of ether oxygens (including phenoxy) is 1. The van der Waals surface area contributed by atoms with Crippen LogP contribution in [-0.2, 0) is 20.6 Å². The summed E-state index contributed by atoms with van der Waals surface area (Å²) in [5, 5.41) is -5.11. The lowest BCUT2D eigenvalue weighted by molar-refractivity contribution is -0.269. The molecule has 0 amide bonds. The summed E-state index contributed by atoms with van der Waals surface area (Å²) in [6.07, 6.45) is -5.47. The highest BCUT2D eigenvalue weighted by Crippen LogP contribution is 2.81. The molecule has 4 saturated carbocycles. The van der Waals surface area contributed by atoms with E-state index < -0.39 is 45.4 Å². The molecule has 0 heterocycles. The second-order valence-electron chi connectivity index (χ2n) is 8.09. The van der Waals surface area contributed by atoms with Crippen LogP contribution in [-0.4, -0.2) is 32.3 Å². The Kier molecular flexibility index (Phi) is 3.48. The molecule has 0 radical (unpaired) electrons. The van der Waals surface area contributed by atoms with Crippen molar-refractivity contribution in [2.24, 2.45) is 28.6 Å². The summed E-state index contributed by atoms with van der Waals surface area (Å²) in [5.41, 5.74) is -1.55. The van der Waals surface area contributed by atoms with Gasteiger partial charge in [-0.1, -0.05) is 0 Å². The summed E-state index contributed by atoms with van der Waals surface area (Å²) >= 11 is -4.11. The summed E-state index contributed by atoms with van der Waals surface area (Å²) in [6.45, 7) is 0. The number of hydrogen-bond donors (Lipinski definition) is 1. The Morgan fingerprint density at radius 1 is 1.08 bits per heavy atom. The van der Waals surface area contributed by atoms with Crippen molar-refractivity contribution in [3.63, 3.8) is 0 Å². The van der Waals surface area contributed by atoms with Crippen LogP contribution in [0.25, 0.3) is 0 Å². The van der Waals surface area contributed by atoms with Crippen LogP contribution in [0.1, 0.15) is 38.5 Å². The molecule has 0 saturated heterocycles. The van der Waals surface area contributed by atoms with Crippen molar-refractivity contribution in [3.8, 4) is 0 Å². The van der Waals surface area contributed by atoms with Crippen molar-refractivity contribution in [2.75, 3.05) is 0 Å². The Morgan fingerprint density at radius 2 is 1.72 bits per heavy atom. The Hall–Kier alpha value is -0.770. The highest BCUT2D eigenvalue weighted by molar-refractivity contribution is 7.80. The highest BCUT2D eigenvalue weighted by Gasteiger charge is 2.78. The van der Waals surface area contributed by atoms with Gasteiger partial charge in [-0.2, -0.15) is 22.0 Å². The molecule has 1 spiro atoms. The average Bonchev–Trinajstić information content (AvgIpc) is 2.78. The number of fused-ring (bicyclic) bond motifs is 2. The van der Waals surface area contributed by atoms with Gasteiger partial charge in [0.1, 0.15) is 0 Å². The Bertz CT molecular complexity index is 646. The second kappa shape index (κ2) is 4.94. The lowest BCUT2D eigenvalue weighted by Gasteiger charge is -2.57. The van der Waals surface area contributed by atoms with Gasteiger partial charge < -0.3 is 9.29 Å². The second-order valence-corrected chi connectivity index (χ2v) is 9.14. The van der Waals surface area contributed by atoms with Crippen LogP contribution < -0.4 is 0 Å². The third-order valence-electron chi connectivity index (χ3n) is 7.01. The molecule has 0 aromatic rings. The fourth-order valence-electron chi connectivity index (χ4n) is 6.39. The maximum atomic E-state index is 13.6. The first-order valence-electron chi connectivity index (χ1n) is 8.19. The van der Waals surface area contributed by atoms with E-state index in [2.05, 4.69) is 4.74 Å². The minimum atomic E-state index is -5.64. The Labute approximate surface area is 142 Å². The van der Waals surface area contributed by atoms with Gasteiger partial charge in [-0.25, -0.2) is 4.21 Å². The molecule has 0 aromatic carbocycles. The molecule has 7 atom stereocenters. The molecule has 4 rings (SSSR count). The average molecular weight is 388 g/mol. The molecule has 4 nitrogen and oxygen atoms in total. The summed E-state index contributed by atoms with van der Waals surface area (Å²) < 4.78 is 89.7. The van der Waals surface area contributed by atoms with Gasteiger partial charge in [-0.05, 0) is 61.7 Å². The number of rotatable bonds is 4. The van der Waals surface area contributed by atoms with E-state index in [9.17, 15) is 31.0 Å². The van der Waals surface area contributed by atoms with Crippen molar-refractivity contribution in [3.05, 3.63) is 0 Å². The van der Waals surface area contributed by atoms with Gasteiger partial charge in [0.05, 0.1) is 5.41 Å². The quantitative estimate of drug-likeness (QED) is 0.455.